The molecule has 0 unspecified atom stereocenters. The summed E-state index contributed by atoms with van der Waals surface area (Å²) in [5.41, 5.74) is -1.52. The Labute approximate surface area is 139 Å². The zero-order valence-electron chi connectivity index (χ0n) is 10.8. The fourth-order valence-corrected chi connectivity index (χ4v) is 5.25. The summed E-state index contributed by atoms with van der Waals surface area (Å²) in [7, 11) is -3.96. The highest BCUT2D eigenvalue weighted by atomic mass is 79.9. The fraction of sp³-hybridized carbons (Fsp3) is 0.417. The molecule has 0 spiro atoms. The molecule has 1 aromatic rings. The highest BCUT2D eigenvalue weighted by molar-refractivity contribution is 9.11. The predicted octanol–water partition coefficient (Wildman–Crippen LogP) is 2.12. The first-order valence-corrected chi connectivity index (χ1v) is 9.14. The summed E-state index contributed by atoms with van der Waals surface area (Å²) >= 11 is 6.42. The Morgan fingerprint density at radius 3 is 2.43 bits per heavy atom. The Hall–Kier alpha value is -0.480. The zero-order valence-corrected chi connectivity index (χ0v) is 14.8. The van der Waals surface area contributed by atoms with Crippen LogP contribution in [0.25, 0.3) is 0 Å². The van der Waals surface area contributed by atoms with E-state index in [4.69, 9.17) is 4.74 Å². The standard InChI is InChI=1S/C12H13Br2NO5S/c13-8-1-2-10(9(14)7-8)21(18,19)15-12(11(16)17)3-5-20-6-4-12/h1-2,7,15H,3-6H2,(H,16,17). The lowest BCUT2D eigenvalue weighted by atomic mass is 9.92. The molecule has 0 aliphatic carbocycles. The minimum absolute atomic E-state index is 0.00202. The van der Waals surface area contributed by atoms with Crippen LogP contribution in [0.4, 0.5) is 0 Å². The number of carboxylic acid groups (broad SMARTS) is 1. The molecule has 2 N–H and O–H groups in total. The summed E-state index contributed by atoms with van der Waals surface area (Å²) in [4.78, 5) is 11.5. The predicted molar refractivity (Wildman–Crippen MR) is 82.6 cm³/mol. The summed E-state index contributed by atoms with van der Waals surface area (Å²) in [5, 5.41) is 9.41. The van der Waals surface area contributed by atoms with Crippen LogP contribution in [0.15, 0.2) is 32.0 Å². The molecule has 1 heterocycles. The monoisotopic (exact) mass is 441 g/mol. The molecule has 9 heteroatoms. The molecule has 21 heavy (non-hydrogen) atoms. The SMILES string of the molecule is O=C(O)C1(NS(=O)(=O)c2ccc(Br)cc2Br)CCOCC1. The molecular formula is C12H13Br2NO5S. The maximum absolute atomic E-state index is 12.5. The molecule has 0 saturated carbocycles. The number of benzene rings is 1. The van der Waals surface area contributed by atoms with Gasteiger partial charge in [0.15, 0.2) is 0 Å². The van der Waals surface area contributed by atoms with Crippen LogP contribution in [0.1, 0.15) is 12.8 Å². The number of carbonyl (C=O) groups is 1. The van der Waals surface area contributed by atoms with E-state index in [1.165, 1.54) is 6.07 Å². The molecule has 1 aliphatic rings. The van der Waals surface area contributed by atoms with Crippen molar-refractivity contribution in [3.63, 3.8) is 0 Å². The largest absolute Gasteiger partial charge is 0.480 e. The maximum Gasteiger partial charge on any atom is 0.325 e. The first kappa shape index (κ1) is 16.9. The van der Waals surface area contributed by atoms with E-state index in [9.17, 15) is 18.3 Å². The van der Waals surface area contributed by atoms with Crippen molar-refractivity contribution in [2.24, 2.45) is 0 Å². The van der Waals surface area contributed by atoms with Crippen LogP contribution in [0.5, 0.6) is 0 Å². The van der Waals surface area contributed by atoms with Gasteiger partial charge in [-0.25, -0.2) is 8.42 Å². The smallest absolute Gasteiger partial charge is 0.325 e. The second kappa shape index (κ2) is 6.33. The third-order valence-electron chi connectivity index (χ3n) is 3.27. The Balaban J connectivity index is 2.37. The number of rotatable bonds is 4. The molecule has 1 aliphatic heterocycles. The minimum Gasteiger partial charge on any atom is -0.480 e. The third-order valence-corrected chi connectivity index (χ3v) is 6.28. The lowest BCUT2D eigenvalue weighted by Crippen LogP contribution is -2.57. The van der Waals surface area contributed by atoms with Gasteiger partial charge in [0.1, 0.15) is 5.54 Å². The van der Waals surface area contributed by atoms with Crippen LogP contribution >= 0.6 is 31.9 Å². The van der Waals surface area contributed by atoms with Gasteiger partial charge in [-0.05, 0) is 34.1 Å². The Bertz CT molecular complexity index is 656. The van der Waals surface area contributed by atoms with Crippen LogP contribution in [-0.4, -0.2) is 38.2 Å². The quantitative estimate of drug-likeness (QED) is 0.744. The summed E-state index contributed by atoms with van der Waals surface area (Å²) in [6.45, 7) is 0.409. The van der Waals surface area contributed by atoms with Crippen molar-refractivity contribution in [1.29, 1.82) is 0 Å². The summed E-state index contributed by atoms with van der Waals surface area (Å²) in [6.07, 6.45) is 0.186. The summed E-state index contributed by atoms with van der Waals surface area (Å²) in [6, 6.07) is 4.58. The Morgan fingerprint density at radius 1 is 1.29 bits per heavy atom. The van der Waals surface area contributed by atoms with Crippen LogP contribution in [0.2, 0.25) is 0 Å². The third kappa shape index (κ3) is 3.65. The molecule has 0 radical (unpaired) electrons. The number of nitrogens with one attached hydrogen (secondary N) is 1. The van der Waals surface area contributed by atoms with Gasteiger partial charge in [-0.2, -0.15) is 4.72 Å². The molecule has 6 nitrogen and oxygen atoms in total. The number of hydrogen-bond acceptors (Lipinski definition) is 4. The van der Waals surface area contributed by atoms with Crippen molar-refractivity contribution in [2.45, 2.75) is 23.3 Å². The maximum atomic E-state index is 12.5. The van der Waals surface area contributed by atoms with E-state index in [1.807, 2.05) is 0 Å². The molecule has 0 aromatic heterocycles. The van der Waals surface area contributed by atoms with Gasteiger partial charge in [-0.3, -0.25) is 4.79 Å². The second-order valence-electron chi connectivity index (χ2n) is 4.68. The molecule has 2 rings (SSSR count). The van der Waals surface area contributed by atoms with Crippen molar-refractivity contribution in [2.75, 3.05) is 13.2 Å². The van der Waals surface area contributed by atoms with Gasteiger partial charge >= 0.3 is 5.97 Å². The number of aliphatic carboxylic acids is 1. The number of sulfonamides is 1. The van der Waals surface area contributed by atoms with Crippen molar-refractivity contribution >= 4 is 47.9 Å². The van der Waals surface area contributed by atoms with E-state index >= 15 is 0 Å². The Morgan fingerprint density at radius 2 is 1.90 bits per heavy atom. The van der Waals surface area contributed by atoms with Gasteiger partial charge in [0.2, 0.25) is 10.0 Å². The molecule has 0 amide bonds. The first-order chi connectivity index (χ1) is 9.77. The fourth-order valence-electron chi connectivity index (χ4n) is 2.08. The minimum atomic E-state index is -3.96. The van der Waals surface area contributed by atoms with E-state index in [-0.39, 0.29) is 31.0 Å². The van der Waals surface area contributed by atoms with Crippen molar-refractivity contribution < 1.29 is 23.1 Å². The highest BCUT2D eigenvalue weighted by Gasteiger charge is 2.44. The summed E-state index contributed by atoms with van der Waals surface area (Å²) in [5.74, 6) is -1.19. The Kier molecular flexibility index (Phi) is 5.09. The lowest BCUT2D eigenvalue weighted by Gasteiger charge is -2.33. The molecule has 1 fully saturated rings. The molecule has 116 valence electrons. The van der Waals surface area contributed by atoms with Gasteiger partial charge in [-0.1, -0.05) is 15.9 Å². The van der Waals surface area contributed by atoms with Crippen LogP contribution in [-0.2, 0) is 19.6 Å². The lowest BCUT2D eigenvalue weighted by molar-refractivity contribution is -0.147. The van der Waals surface area contributed by atoms with Gasteiger partial charge in [0.05, 0.1) is 4.90 Å². The topological polar surface area (TPSA) is 92.7 Å². The van der Waals surface area contributed by atoms with E-state index < -0.39 is 21.5 Å². The van der Waals surface area contributed by atoms with E-state index in [0.717, 1.165) is 0 Å². The normalized spacial score (nSPS) is 18.4. The number of halogens is 2. The first-order valence-electron chi connectivity index (χ1n) is 6.07. The van der Waals surface area contributed by atoms with Gasteiger partial charge in [0, 0.05) is 35.0 Å². The molecule has 0 atom stereocenters. The van der Waals surface area contributed by atoms with Crippen molar-refractivity contribution in [1.82, 2.24) is 4.72 Å². The van der Waals surface area contributed by atoms with Gasteiger partial charge in [-0.15, -0.1) is 0 Å². The van der Waals surface area contributed by atoms with Crippen molar-refractivity contribution in [3.8, 4) is 0 Å². The average Bonchev–Trinajstić information content (AvgIpc) is 2.38. The average molecular weight is 443 g/mol. The molecular weight excluding hydrogens is 430 g/mol. The molecule has 1 aromatic carbocycles. The van der Waals surface area contributed by atoms with Gasteiger partial charge in [0.25, 0.3) is 0 Å². The van der Waals surface area contributed by atoms with E-state index in [1.54, 1.807) is 12.1 Å². The van der Waals surface area contributed by atoms with Crippen molar-refractivity contribution in [3.05, 3.63) is 27.1 Å². The van der Waals surface area contributed by atoms with E-state index in [2.05, 4.69) is 36.6 Å². The summed E-state index contributed by atoms with van der Waals surface area (Å²) < 4.78 is 33.5. The number of carboxylic acids is 1. The van der Waals surface area contributed by atoms with E-state index in [0.29, 0.717) is 8.95 Å². The number of ether oxygens (including phenoxy) is 1. The van der Waals surface area contributed by atoms with Crippen LogP contribution in [0.3, 0.4) is 0 Å². The highest BCUT2D eigenvalue weighted by Crippen LogP contribution is 2.29. The van der Waals surface area contributed by atoms with Crippen LogP contribution in [0, 0.1) is 0 Å². The second-order valence-corrected chi connectivity index (χ2v) is 8.10. The van der Waals surface area contributed by atoms with Crippen LogP contribution < -0.4 is 4.72 Å². The molecule has 0 bridgehead atoms. The number of hydrogen-bond donors (Lipinski definition) is 2. The molecule has 1 saturated heterocycles. The zero-order chi connectivity index (χ0) is 15.7. The van der Waals surface area contributed by atoms with Gasteiger partial charge < -0.3 is 9.84 Å².